The van der Waals surface area contributed by atoms with Crippen molar-refractivity contribution in [2.24, 2.45) is 5.73 Å². The molecule has 2 aromatic rings. The number of para-hydroxylation sites is 2. The van der Waals surface area contributed by atoms with Crippen molar-refractivity contribution in [2.45, 2.75) is 0 Å². The van der Waals surface area contributed by atoms with Crippen molar-refractivity contribution in [1.82, 2.24) is 4.90 Å². The van der Waals surface area contributed by atoms with E-state index in [2.05, 4.69) is 0 Å². The maximum Gasteiger partial charge on any atom is 0.344 e. The van der Waals surface area contributed by atoms with E-state index in [9.17, 15) is 18.8 Å². The van der Waals surface area contributed by atoms with E-state index in [-0.39, 0.29) is 23.0 Å². The first kappa shape index (κ1) is 21.1. The van der Waals surface area contributed by atoms with E-state index in [0.29, 0.717) is 31.9 Å². The van der Waals surface area contributed by atoms with Gasteiger partial charge in [-0.05, 0) is 24.3 Å². The molecule has 1 saturated heterocycles. The van der Waals surface area contributed by atoms with Gasteiger partial charge in [-0.3, -0.25) is 9.59 Å². The molecule has 1 fully saturated rings. The number of halogens is 1. The Morgan fingerprint density at radius 2 is 1.60 bits per heavy atom. The number of amides is 2. The standard InChI is InChI=1S/C21H22FN3O5/c22-16-6-2-3-7-17(16)24-9-11-25(12-10-24)19(26)13-30-20(27)14-29-18-8-4-1-5-15(18)21(23)28/h1-8H,9-14H2,(H2,23,28). The molecular formula is C21H22FN3O5. The zero-order chi connectivity index (χ0) is 21.5. The molecule has 158 valence electrons. The summed E-state index contributed by atoms with van der Waals surface area (Å²) in [5, 5.41) is 0. The second-order valence-electron chi connectivity index (χ2n) is 6.63. The highest BCUT2D eigenvalue weighted by atomic mass is 19.1. The van der Waals surface area contributed by atoms with Crippen LogP contribution in [0.25, 0.3) is 0 Å². The predicted octanol–water partition coefficient (Wildman–Crippen LogP) is 1.20. The largest absolute Gasteiger partial charge is 0.481 e. The lowest BCUT2D eigenvalue weighted by Crippen LogP contribution is -2.50. The number of hydrogen-bond donors (Lipinski definition) is 1. The lowest BCUT2D eigenvalue weighted by molar-refractivity contribution is -0.153. The SMILES string of the molecule is NC(=O)c1ccccc1OCC(=O)OCC(=O)N1CCN(c2ccccc2F)CC1. The summed E-state index contributed by atoms with van der Waals surface area (Å²) in [5.74, 6) is -1.90. The molecule has 3 rings (SSSR count). The molecule has 1 aliphatic heterocycles. The average molecular weight is 415 g/mol. The summed E-state index contributed by atoms with van der Waals surface area (Å²) in [6.07, 6.45) is 0. The van der Waals surface area contributed by atoms with E-state index < -0.39 is 25.1 Å². The number of rotatable bonds is 7. The highest BCUT2D eigenvalue weighted by molar-refractivity contribution is 5.95. The van der Waals surface area contributed by atoms with E-state index in [1.165, 1.54) is 18.2 Å². The van der Waals surface area contributed by atoms with Crippen molar-refractivity contribution in [3.05, 3.63) is 59.9 Å². The maximum absolute atomic E-state index is 13.9. The fraction of sp³-hybridized carbons (Fsp3) is 0.286. The molecule has 0 aliphatic carbocycles. The minimum atomic E-state index is -0.743. The molecule has 0 aromatic heterocycles. The first-order valence-electron chi connectivity index (χ1n) is 9.40. The first-order chi connectivity index (χ1) is 14.5. The van der Waals surface area contributed by atoms with Gasteiger partial charge in [0.25, 0.3) is 11.8 Å². The summed E-state index contributed by atoms with van der Waals surface area (Å²) < 4.78 is 24.1. The van der Waals surface area contributed by atoms with Crippen LogP contribution in [0.1, 0.15) is 10.4 Å². The lowest BCUT2D eigenvalue weighted by Gasteiger charge is -2.36. The third kappa shape index (κ3) is 5.25. The van der Waals surface area contributed by atoms with E-state index in [1.54, 1.807) is 35.2 Å². The van der Waals surface area contributed by atoms with Crippen molar-refractivity contribution >= 4 is 23.5 Å². The Kier molecular flexibility index (Phi) is 6.84. The molecule has 0 unspecified atom stereocenters. The fourth-order valence-electron chi connectivity index (χ4n) is 3.11. The minimum Gasteiger partial charge on any atom is -0.481 e. The Balaban J connectivity index is 1.42. The number of esters is 1. The van der Waals surface area contributed by atoms with Gasteiger partial charge in [0, 0.05) is 26.2 Å². The predicted molar refractivity (Wildman–Crippen MR) is 107 cm³/mol. The molecular weight excluding hydrogens is 393 g/mol. The van der Waals surface area contributed by atoms with Crippen LogP contribution in [-0.4, -0.2) is 62.1 Å². The van der Waals surface area contributed by atoms with Gasteiger partial charge in [-0.25, -0.2) is 9.18 Å². The van der Waals surface area contributed by atoms with Crippen molar-refractivity contribution in [1.29, 1.82) is 0 Å². The van der Waals surface area contributed by atoms with E-state index in [1.807, 2.05) is 4.90 Å². The maximum atomic E-state index is 13.9. The first-order valence-corrected chi connectivity index (χ1v) is 9.40. The van der Waals surface area contributed by atoms with Crippen LogP contribution in [-0.2, 0) is 14.3 Å². The van der Waals surface area contributed by atoms with Crippen LogP contribution in [0.5, 0.6) is 5.75 Å². The Morgan fingerprint density at radius 3 is 2.30 bits per heavy atom. The van der Waals surface area contributed by atoms with Gasteiger partial charge in [0.2, 0.25) is 0 Å². The van der Waals surface area contributed by atoms with Gasteiger partial charge in [0.15, 0.2) is 13.2 Å². The van der Waals surface area contributed by atoms with Crippen LogP contribution >= 0.6 is 0 Å². The summed E-state index contributed by atoms with van der Waals surface area (Å²) in [6.45, 7) is 0.875. The summed E-state index contributed by atoms with van der Waals surface area (Å²) >= 11 is 0. The summed E-state index contributed by atoms with van der Waals surface area (Å²) in [4.78, 5) is 38.9. The van der Waals surface area contributed by atoms with E-state index in [4.69, 9.17) is 15.2 Å². The van der Waals surface area contributed by atoms with Gasteiger partial charge >= 0.3 is 5.97 Å². The van der Waals surface area contributed by atoms with Gasteiger partial charge in [-0.1, -0.05) is 24.3 Å². The van der Waals surface area contributed by atoms with Gasteiger partial charge < -0.3 is 25.0 Å². The molecule has 0 atom stereocenters. The number of hydrogen-bond acceptors (Lipinski definition) is 6. The Morgan fingerprint density at radius 1 is 0.933 bits per heavy atom. The number of piperazine rings is 1. The number of ether oxygens (including phenoxy) is 2. The quantitative estimate of drug-likeness (QED) is 0.682. The molecule has 2 aromatic carbocycles. The molecule has 0 bridgehead atoms. The molecule has 0 saturated carbocycles. The highest BCUT2D eigenvalue weighted by Crippen LogP contribution is 2.20. The summed E-state index contributed by atoms with van der Waals surface area (Å²) in [6, 6.07) is 12.7. The molecule has 1 aliphatic rings. The lowest BCUT2D eigenvalue weighted by atomic mass is 10.2. The van der Waals surface area contributed by atoms with Gasteiger partial charge in [0.1, 0.15) is 11.6 Å². The molecule has 1 heterocycles. The summed E-state index contributed by atoms with van der Waals surface area (Å²) in [5.41, 5.74) is 5.90. The Hall–Kier alpha value is -3.62. The molecule has 0 spiro atoms. The van der Waals surface area contributed by atoms with Crippen LogP contribution in [0.3, 0.4) is 0 Å². The van der Waals surface area contributed by atoms with Gasteiger partial charge in [-0.2, -0.15) is 0 Å². The van der Waals surface area contributed by atoms with E-state index in [0.717, 1.165) is 0 Å². The number of carbonyl (C=O) groups is 3. The molecule has 30 heavy (non-hydrogen) atoms. The molecule has 9 heteroatoms. The normalized spacial score (nSPS) is 13.6. The van der Waals surface area contributed by atoms with Gasteiger partial charge in [0.05, 0.1) is 11.3 Å². The molecule has 0 radical (unpaired) electrons. The second-order valence-corrected chi connectivity index (χ2v) is 6.63. The van der Waals surface area contributed by atoms with Crippen molar-refractivity contribution in [3.8, 4) is 5.75 Å². The number of nitrogens with zero attached hydrogens (tertiary/aromatic N) is 2. The van der Waals surface area contributed by atoms with Crippen molar-refractivity contribution in [3.63, 3.8) is 0 Å². The highest BCUT2D eigenvalue weighted by Gasteiger charge is 2.23. The Bertz CT molecular complexity index is 928. The van der Waals surface area contributed by atoms with Crippen LogP contribution in [0.15, 0.2) is 48.5 Å². The minimum absolute atomic E-state index is 0.147. The topological polar surface area (TPSA) is 102 Å². The van der Waals surface area contributed by atoms with Crippen LogP contribution in [0, 0.1) is 5.82 Å². The van der Waals surface area contributed by atoms with Crippen LogP contribution in [0.4, 0.5) is 10.1 Å². The number of carbonyl (C=O) groups excluding carboxylic acids is 3. The molecule has 2 amide bonds. The Labute approximate surface area is 173 Å². The third-order valence-corrected chi connectivity index (χ3v) is 4.68. The number of anilines is 1. The van der Waals surface area contributed by atoms with Crippen molar-refractivity contribution < 1.29 is 28.2 Å². The second kappa shape index (κ2) is 9.73. The van der Waals surface area contributed by atoms with Gasteiger partial charge in [-0.15, -0.1) is 0 Å². The third-order valence-electron chi connectivity index (χ3n) is 4.68. The zero-order valence-electron chi connectivity index (χ0n) is 16.3. The fourth-order valence-corrected chi connectivity index (χ4v) is 3.11. The smallest absolute Gasteiger partial charge is 0.344 e. The van der Waals surface area contributed by atoms with Crippen LogP contribution < -0.4 is 15.4 Å². The van der Waals surface area contributed by atoms with E-state index >= 15 is 0 Å². The van der Waals surface area contributed by atoms with Crippen molar-refractivity contribution in [2.75, 3.05) is 44.3 Å². The number of benzene rings is 2. The molecule has 2 N–H and O–H groups in total. The monoisotopic (exact) mass is 415 g/mol. The number of primary amides is 1. The van der Waals surface area contributed by atoms with Crippen LogP contribution in [0.2, 0.25) is 0 Å². The summed E-state index contributed by atoms with van der Waals surface area (Å²) in [7, 11) is 0. The zero-order valence-corrected chi connectivity index (χ0v) is 16.3. The average Bonchev–Trinajstić information content (AvgIpc) is 2.76. The number of nitrogens with two attached hydrogens (primary N) is 1. The molecule has 8 nitrogen and oxygen atoms in total.